The van der Waals surface area contributed by atoms with Gasteiger partial charge in [0.15, 0.2) is 11.2 Å². The number of benzene rings is 1. The number of fused-ring (bicyclic) bond motifs is 1. The molecule has 0 bridgehead atoms. The molecule has 25 heavy (non-hydrogen) atoms. The van der Waals surface area contributed by atoms with Crippen molar-refractivity contribution in [3.63, 3.8) is 0 Å². The molecular formula is C16H16N6O2Y-2. The number of carbonyl (C=O) groups excluding carboxylic acids is 1. The van der Waals surface area contributed by atoms with Crippen LogP contribution in [0.3, 0.4) is 0 Å². The Hall–Kier alpha value is -2.19. The van der Waals surface area contributed by atoms with Gasteiger partial charge in [-0.1, -0.05) is 12.1 Å². The Kier molecular flexibility index (Phi) is 8.30. The molecule has 3 rings (SSSR count). The number of anilines is 2. The van der Waals surface area contributed by atoms with Crippen LogP contribution in [0.2, 0.25) is 0 Å². The maximum absolute atomic E-state index is 11.8. The zero-order valence-corrected chi connectivity index (χ0v) is 16.5. The monoisotopic (exact) mass is 413 g/mol. The molecule has 0 saturated heterocycles. The molecule has 0 fully saturated rings. The molecule has 1 radical (unpaired) electrons. The first-order valence-electron chi connectivity index (χ1n) is 7.10. The third-order valence-corrected chi connectivity index (χ3v) is 2.96. The van der Waals surface area contributed by atoms with E-state index in [-0.39, 0.29) is 49.8 Å². The van der Waals surface area contributed by atoms with Crippen LogP contribution in [-0.2, 0) is 44.0 Å². The molecule has 0 saturated carbocycles. The van der Waals surface area contributed by atoms with Crippen LogP contribution in [0.4, 0.5) is 11.6 Å². The number of nitrogens with two attached hydrogens (primary N) is 1. The summed E-state index contributed by atoms with van der Waals surface area (Å²) in [6.45, 7) is 5.37. The van der Waals surface area contributed by atoms with Gasteiger partial charge in [-0.2, -0.15) is 29.6 Å². The molecule has 0 amide bonds. The second-order valence-corrected chi connectivity index (χ2v) is 4.52. The van der Waals surface area contributed by atoms with Gasteiger partial charge in [0.1, 0.15) is 0 Å². The minimum Gasteiger partial charge on any atom is -0.381 e. The fourth-order valence-electron chi connectivity index (χ4n) is 1.90. The predicted octanol–water partition coefficient (Wildman–Crippen LogP) is 1.20. The number of hydrogen-bond donors (Lipinski definition) is 3. The fraction of sp³-hybridized carbons (Fsp3) is 0.125. The van der Waals surface area contributed by atoms with E-state index in [2.05, 4.69) is 32.2 Å². The molecule has 8 nitrogen and oxygen atoms in total. The van der Waals surface area contributed by atoms with Gasteiger partial charge >= 0.3 is 0 Å². The number of nitrogens with one attached hydrogen (secondary N) is 2. The number of nitrogen functional groups attached to an aromatic ring is 1. The number of hydrogen-bond acceptors (Lipinski definition) is 7. The molecule has 2 heterocycles. The molecule has 4 N–H and O–H groups in total. The Balaban J connectivity index is 0.00000101. The van der Waals surface area contributed by atoms with E-state index in [0.717, 1.165) is 5.69 Å². The number of H-pyrrole nitrogens is 1. The van der Waals surface area contributed by atoms with Gasteiger partial charge in [-0.25, -0.2) is 9.97 Å². The van der Waals surface area contributed by atoms with Crippen molar-refractivity contribution in [2.45, 2.75) is 13.5 Å². The van der Waals surface area contributed by atoms with Gasteiger partial charge in [-0.15, -0.1) is 0 Å². The van der Waals surface area contributed by atoms with Crippen LogP contribution in [-0.4, -0.2) is 26.2 Å². The van der Waals surface area contributed by atoms with Gasteiger partial charge in [0.25, 0.3) is 5.56 Å². The van der Waals surface area contributed by atoms with Crippen molar-refractivity contribution >= 4 is 29.1 Å². The molecule has 1 aromatic carbocycles. The standard InChI is InChI=1S/C14H11N6O2.C2H5.Y/c15-14-19-12-11(13(22)20-14)18-10(6-17-12)5-16-9-3-1-8(7-21)2-4-9;1-2;/h1-4,6,16H,5H2,(H3,15,17,19,20,22);1H2,2H3;/q2*-1;. The van der Waals surface area contributed by atoms with E-state index < -0.39 is 5.56 Å². The molecular weight excluding hydrogens is 397 g/mol. The first-order valence-corrected chi connectivity index (χ1v) is 7.10. The smallest absolute Gasteiger partial charge is 0.280 e. The molecule has 0 aliphatic heterocycles. The molecule has 2 aromatic heterocycles. The predicted molar refractivity (Wildman–Crippen MR) is 92.0 cm³/mol. The SMILES string of the molecule is Nc1nc2ncc(CNc3ccc([C-]=O)cc3)nc2c(=O)[nH]1.[CH2-]C.[Y]. The maximum atomic E-state index is 11.8. The third kappa shape index (κ3) is 5.40. The van der Waals surface area contributed by atoms with E-state index in [0.29, 0.717) is 17.8 Å². The minimum absolute atomic E-state index is 0. The van der Waals surface area contributed by atoms with Crippen molar-refractivity contribution in [2.75, 3.05) is 11.1 Å². The van der Waals surface area contributed by atoms with Crippen molar-refractivity contribution in [3.05, 3.63) is 59.0 Å². The van der Waals surface area contributed by atoms with Crippen LogP contribution in [0, 0.1) is 6.92 Å². The molecule has 9 heteroatoms. The Labute approximate surface area is 169 Å². The number of aromatic amines is 1. The van der Waals surface area contributed by atoms with E-state index in [4.69, 9.17) is 5.73 Å². The van der Waals surface area contributed by atoms with Gasteiger partial charge in [0.2, 0.25) is 5.95 Å². The van der Waals surface area contributed by atoms with Crippen molar-refractivity contribution in [1.29, 1.82) is 0 Å². The van der Waals surface area contributed by atoms with E-state index in [1.807, 2.05) is 0 Å². The van der Waals surface area contributed by atoms with E-state index in [1.54, 1.807) is 37.5 Å². The largest absolute Gasteiger partial charge is 0.381 e. The normalized spacial score (nSPS) is 9.52. The molecule has 127 valence electrons. The van der Waals surface area contributed by atoms with Gasteiger partial charge in [-0.05, 0) is 0 Å². The van der Waals surface area contributed by atoms with E-state index in [9.17, 15) is 9.59 Å². The summed E-state index contributed by atoms with van der Waals surface area (Å²) in [7, 11) is 0. The molecule has 0 aliphatic rings. The fourth-order valence-corrected chi connectivity index (χ4v) is 1.90. The summed E-state index contributed by atoms with van der Waals surface area (Å²) in [5.74, 6) is 0.00440. The number of aromatic nitrogens is 4. The van der Waals surface area contributed by atoms with Crippen molar-refractivity contribution in [2.24, 2.45) is 0 Å². The van der Waals surface area contributed by atoms with Crippen molar-refractivity contribution < 1.29 is 37.5 Å². The second-order valence-electron chi connectivity index (χ2n) is 4.52. The number of rotatable bonds is 4. The number of nitrogens with zero attached hydrogens (tertiary/aromatic N) is 3. The van der Waals surface area contributed by atoms with Crippen LogP contribution < -0.4 is 16.6 Å². The molecule has 0 spiro atoms. The summed E-state index contributed by atoms with van der Waals surface area (Å²) in [6, 6.07) is 6.81. The summed E-state index contributed by atoms with van der Waals surface area (Å²) >= 11 is 0. The molecule has 0 unspecified atom stereocenters. The third-order valence-electron chi connectivity index (χ3n) is 2.96. The Bertz CT molecular complexity index is 895. The van der Waals surface area contributed by atoms with Crippen LogP contribution in [0.1, 0.15) is 18.2 Å². The van der Waals surface area contributed by atoms with Crippen LogP contribution >= 0.6 is 0 Å². The van der Waals surface area contributed by atoms with Crippen molar-refractivity contribution in [3.8, 4) is 0 Å². The Morgan fingerprint density at radius 3 is 2.56 bits per heavy atom. The van der Waals surface area contributed by atoms with E-state index >= 15 is 0 Å². The minimum atomic E-state index is -0.428. The topological polar surface area (TPSA) is 127 Å². The van der Waals surface area contributed by atoms with E-state index in [1.165, 1.54) is 6.20 Å². The van der Waals surface area contributed by atoms with Gasteiger partial charge < -0.3 is 22.8 Å². The first-order chi connectivity index (χ1) is 11.7. The summed E-state index contributed by atoms with van der Waals surface area (Å²) in [4.78, 5) is 36.8. The summed E-state index contributed by atoms with van der Waals surface area (Å²) in [6.07, 6.45) is 3.33. The zero-order valence-electron chi connectivity index (χ0n) is 13.6. The maximum Gasteiger partial charge on any atom is 0.280 e. The summed E-state index contributed by atoms with van der Waals surface area (Å²) < 4.78 is 0. The zero-order chi connectivity index (χ0) is 17.5. The Morgan fingerprint density at radius 2 is 1.92 bits per heavy atom. The van der Waals surface area contributed by atoms with Gasteiger partial charge in [0, 0.05) is 38.4 Å². The van der Waals surface area contributed by atoms with Crippen LogP contribution in [0.25, 0.3) is 11.2 Å². The van der Waals surface area contributed by atoms with Crippen molar-refractivity contribution in [1.82, 2.24) is 19.9 Å². The van der Waals surface area contributed by atoms with Crippen LogP contribution in [0.5, 0.6) is 0 Å². The van der Waals surface area contributed by atoms with Crippen LogP contribution in [0.15, 0.2) is 35.3 Å². The second kappa shape index (κ2) is 9.95. The average molecular weight is 413 g/mol. The molecule has 0 atom stereocenters. The Morgan fingerprint density at radius 1 is 1.24 bits per heavy atom. The average Bonchev–Trinajstić information content (AvgIpc) is 2.62. The first kappa shape index (κ1) is 20.9. The van der Waals surface area contributed by atoms with Gasteiger partial charge in [0.05, 0.1) is 24.7 Å². The summed E-state index contributed by atoms with van der Waals surface area (Å²) in [5.41, 5.74) is 7.23. The quantitative estimate of drug-likeness (QED) is 0.549. The molecule has 0 aliphatic carbocycles. The van der Waals surface area contributed by atoms with Gasteiger partial charge in [-0.3, -0.25) is 9.78 Å². The summed E-state index contributed by atoms with van der Waals surface area (Å²) in [5, 5.41) is 3.12. The molecule has 3 aromatic rings.